The number of nitrogens with zero attached hydrogens (tertiary/aromatic N) is 1. The van der Waals surface area contributed by atoms with Crippen LogP contribution in [0.2, 0.25) is 0 Å². The smallest absolute Gasteiger partial charge is 0.245 e. The molecular weight excluding hydrogens is 204 g/mol. The first-order valence-electron chi connectivity index (χ1n) is 5.39. The van der Waals surface area contributed by atoms with Crippen LogP contribution in [0.3, 0.4) is 0 Å². The SMILES string of the molecule is NC(=O)C(CCCCc1ccccc1)N=O. The lowest BCUT2D eigenvalue weighted by Crippen LogP contribution is -2.26. The fourth-order valence-corrected chi connectivity index (χ4v) is 1.56. The van der Waals surface area contributed by atoms with E-state index >= 15 is 0 Å². The largest absolute Gasteiger partial charge is 0.368 e. The molecule has 1 aromatic carbocycles. The van der Waals surface area contributed by atoms with E-state index in [1.54, 1.807) is 0 Å². The number of primary amides is 1. The Hall–Kier alpha value is -1.71. The average molecular weight is 220 g/mol. The molecule has 2 N–H and O–H groups in total. The van der Waals surface area contributed by atoms with Gasteiger partial charge < -0.3 is 5.73 Å². The highest BCUT2D eigenvalue weighted by atomic mass is 16.3. The summed E-state index contributed by atoms with van der Waals surface area (Å²) >= 11 is 0. The summed E-state index contributed by atoms with van der Waals surface area (Å²) in [4.78, 5) is 21.0. The molecule has 1 atom stereocenters. The van der Waals surface area contributed by atoms with Crippen LogP contribution in [0.1, 0.15) is 24.8 Å². The van der Waals surface area contributed by atoms with E-state index in [4.69, 9.17) is 5.73 Å². The minimum Gasteiger partial charge on any atom is -0.368 e. The molecule has 0 heterocycles. The van der Waals surface area contributed by atoms with E-state index in [2.05, 4.69) is 17.3 Å². The first kappa shape index (κ1) is 12.4. The summed E-state index contributed by atoms with van der Waals surface area (Å²) in [6.07, 6.45) is 3.12. The van der Waals surface area contributed by atoms with E-state index in [1.165, 1.54) is 5.56 Å². The first-order chi connectivity index (χ1) is 7.74. The van der Waals surface area contributed by atoms with Crippen molar-refractivity contribution in [3.05, 3.63) is 40.8 Å². The Morgan fingerprint density at radius 3 is 2.50 bits per heavy atom. The van der Waals surface area contributed by atoms with Gasteiger partial charge in [0.2, 0.25) is 5.91 Å². The van der Waals surface area contributed by atoms with Gasteiger partial charge in [-0.3, -0.25) is 4.79 Å². The van der Waals surface area contributed by atoms with Crippen molar-refractivity contribution < 1.29 is 4.79 Å². The van der Waals surface area contributed by atoms with Gasteiger partial charge in [0.25, 0.3) is 0 Å². The standard InChI is InChI=1S/C12H16N2O2/c13-12(15)11(14-16)9-5-4-8-10-6-2-1-3-7-10/h1-3,6-7,11H,4-5,8-9H2,(H2,13,15). The number of unbranched alkanes of at least 4 members (excludes halogenated alkanes) is 1. The molecule has 0 radical (unpaired) electrons. The molecule has 0 bridgehead atoms. The summed E-state index contributed by atoms with van der Waals surface area (Å²) in [5.74, 6) is -0.630. The van der Waals surface area contributed by atoms with Gasteiger partial charge in [0, 0.05) is 0 Å². The molecule has 0 fully saturated rings. The van der Waals surface area contributed by atoms with Crippen molar-refractivity contribution in [2.24, 2.45) is 10.9 Å². The van der Waals surface area contributed by atoms with E-state index in [1.807, 2.05) is 18.2 Å². The predicted octanol–water partition coefficient (Wildman–Crippen LogP) is 2.02. The lowest BCUT2D eigenvalue weighted by atomic mass is 10.0. The third-order valence-electron chi connectivity index (χ3n) is 2.49. The summed E-state index contributed by atoms with van der Waals surface area (Å²) in [6, 6.07) is 9.22. The number of rotatable bonds is 7. The van der Waals surface area contributed by atoms with Crippen LogP contribution in [0.4, 0.5) is 0 Å². The van der Waals surface area contributed by atoms with Gasteiger partial charge in [0.1, 0.15) is 0 Å². The van der Waals surface area contributed by atoms with Crippen molar-refractivity contribution in [3.8, 4) is 0 Å². The lowest BCUT2D eigenvalue weighted by Gasteiger charge is -2.04. The highest BCUT2D eigenvalue weighted by molar-refractivity contribution is 5.79. The first-order valence-corrected chi connectivity index (χ1v) is 5.39. The number of nitroso groups, excluding NO2 is 1. The molecule has 0 aromatic heterocycles. The number of aryl methyl sites for hydroxylation is 1. The van der Waals surface area contributed by atoms with Gasteiger partial charge in [-0.2, -0.15) is 0 Å². The fourth-order valence-electron chi connectivity index (χ4n) is 1.56. The lowest BCUT2D eigenvalue weighted by molar-refractivity contribution is -0.119. The molecule has 0 aliphatic carbocycles. The minimum absolute atomic E-state index is 0.450. The fraction of sp³-hybridized carbons (Fsp3) is 0.417. The van der Waals surface area contributed by atoms with Crippen molar-refractivity contribution in [1.29, 1.82) is 0 Å². The summed E-state index contributed by atoms with van der Waals surface area (Å²) in [5.41, 5.74) is 6.27. The number of nitrogens with two attached hydrogens (primary N) is 1. The molecule has 86 valence electrons. The number of carbonyl (C=O) groups excluding carboxylic acids is 1. The van der Waals surface area contributed by atoms with Crippen molar-refractivity contribution in [1.82, 2.24) is 0 Å². The minimum atomic E-state index is -0.865. The van der Waals surface area contributed by atoms with Crippen LogP contribution >= 0.6 is 0 Å². The van der Waals surface area contributed by atoms with E-state index in [-0.39, 0.29) is 0 Å². The monoisotopic (exact) mass is 220 g/mol. The van der Waals surface area contributed by atoms with Gasteiger partial charge in [-0.05, 0) is 24.8 Å². The molecule has 1 aromatic rings. The summed E-state index contributed by atoms with van der Waals surface area (Å²) < 4.78 is 0. The number of amides is 1. The second-order valence-electron chi connectivity index (χ2n) is 3.75. The Balaban J connectivity index is 2.21. The second-order valence-corrected chi connectivity index (χ2v) is 3.75. The van der Waals surface area contributed by atoms with Gasteiger partial charge in [0.05, 0.1) is 0 Å². The van der Waals surface area contributed by atoms with Crippen LogP contribution in [0, 0.1) is 4.91 Å². The zero-order chi connectivity index (χ0) is 11.8. The molecule has 16 heavy (non-hydrogen) atoms. The molecule has 1 rings (SSSR count). The van der Waals surface area contributed by atoms with Gasteiger partial charge in [0.15, 0.2) is 6.04 Å². The van der Waals surface area contributed by atoms with Crippen LogP contribution < -0.4 is 5.73 Å². The van der Waals surface area contributed by atoms with Crippen LogP contribution in [0.15, 0.2) is 35.5 Å². The number of carbonyl (C=O) groups is 1. The number of benzene rings is 1. The van der Waals surface area contributed by atoms with Crippen LogP contribution in [0.5, 0.6) is 0 Å². The Morgan fingerprint density at radius 1 is 1.25 bits per heavy atom. The van der Waals surface area contributed by atoms with E-state index < -0.39 is 11.9 Å². The molecule has 0 saturated heterocycles. The molecule has 0 aliphatic rings. The summed E-state index contributed by atoms with van der Waals surface area (Å²) in [5, 5.41) is 2.71. The van der Waals surface area contributed by atoms with E-state index in [0.717, 1.165) is 19.3 Å². The maximum absolute atomic E-state index is 10.7. The third kappa shape index (κ3) is 4.21. The van der Waals surface area contributed by atoms with Crippen molar-refractivity contribution >= 4 is 5.91 Å². The van der Waals surface area contributed by atoms with Crippen molar-refractivity contribution in [2.45, 2.75) is 31.7 Å². The quantitative estimate of drug-likeness (QED) is 0.564. The molecule has 0 spiro atoms. The Kier molecular flexibility index (Phi) is 5.19. The predicted molar refractivity (Wildman–Crippen MR) is 62.8 cm³/mol. The Labute approximate surface area is 94.8 Å². The van der Waals surface area contributed by atoms with Crippen molar-refractivity contribution in [2.75, 3.05) is 0 Å². The molecule has 4 nitrogen and oxygen atoms in total. The number of hydrogen-bond donors (Lipinski definition) is 1. The highest BCUT2D eigenvalue weighted by Gasteiger charge is 2.14. The normalized spacial score (nSPS) is 12.0. The number of hydrogen-bond acceptors (Lipinski definition) is 3. The van der Waals surface area contributed by atoms with Gasteiger partial charge >= 0.3 is 0 Å². The van der Waals surface area contributed by atoms with Gasteiger partial charge in [-0.1, -0.05) is 41.9 Å². The highest BCUT2D eigenvalue weighted by Crippen LogP contribution is 2.09. The molecule has 0 saturated carbocycles. The van der Waals surface area contributed by atoms with Crippen molar-refractivity contribution in [3.63, 3.8) is 0 Å². The maximum atomic E-state index is 10.7. The molecular formula is C12H16N2O2. The Morgan fingerprint density at radius 2 is 1.94 bits per heavy atom. The maximum Gasteiger partial charge on any atom is 0.245 e. The van der Waals surface area contributed by atoms with Gasteiger partial charge in [-0.25, -0.2) is 0 Å². The van der Waals surface area contributed by atoms with Crippen LogP contribution in [0.25, 0.3) is 0 Å². The van der Waals surface area contributed by atoms with Crippen LogP contribution in [-0.4, -0.2) is 11.9 Å². The van der Waals surface area contributed by atoms with Crippen LogP contribution in [-0.2, 0) is 11.2 Å². The molecule has 4 heteroatoms. The second kappa shape index (κ2) is 6.71. The van der Waals surface area contributed by atoms with E-state index in [9.17, 15) is 9.70 Å². The molecule has 0 aliphatic heterocycles. The zero-order valence-corrected chi connectivity index (χ0v) is 9.13. The van der Waals surface area contributed by atoms with Gasteiger partial charge in [-0.15, -0.1) is 4.91 Å². The van der Waals surface area contributed by atoms with E-state index in [0.29, 0.717) is 6.42 Å². The molecule has 1 unspecified atom stereocenters. The average Bonchev–Trinajstić information content (AvgIpc) is 2.30. The summed E-state index contributed by atoms with van der Waals surface area (Å²) in [6.45, 7) is 0. The Bertz CT molecular complexity index is 338. The third-order valence-corrected chi connectivity index (χ3v) is 2.49. The summed E-state index contributed by atoms with van der Waals surface area (Å²) in [7, 11) is 0. The zero-order valence-electron chi connectivity index (χ0n) is 9.13. The molecule has 1 amide bonds. The topological polar surface area (TPSA) is 72.5 Å².